The van der Waals surface area contributed by atoms with Crippen LogP contribution < -0.4 is 10.2 Å². The lowest BCUT2D eigenvalue weighted by atomic mass is 10.3. The van der Waals surface area contributed by atoms with Crippen LogP contribution in [0.2, 0.25) is 0 Å². The fourth-order valence-electron chi connectivity index (χ4n) is 1.63. The lowest BCUT2D eigenvalue weighted by Gasteiger charge is -2.21. The van der Waals surface area contributed by atoms with Crippen molar-refractivity contribution < 1.29 is 4.57 Å². The van der Waals surface area contributed by atoms with Crippen LogP contribution in [0.4, 0.5) is 11.4 Å². The van der Waals surface area contributed by atoms with E-state index in [0.29, 0.717) is 6.16 Å². The Morgan fingerprint density at radius 1 is 0.833 bits per heavy atom. The molecule has 2 aromatic carbocycles. The van der Waals surface area contributed by atoms with Crippen LogP contribution in [0.15, 0.2) is 60.7 Å². The fraction of sp³-hybridized carbons (Fsp3) is 0.143. The number of anilines is 2. The molecule has 0 unspecified atom stereocenters. The maximum atomic E-state index is 12.7. The summed E-state index contributed by atoms with van der Waals surface area (Å²) >= 11 is 0. The van der Waals surface area contributed by atoms with Crippen molar-refractivity contribution in [2.75, 3.05) is 16.3 Å². The van der Waals surface area contributed by atoms with E-state index in [1.807, 2.05) is 67.6 Å². The van der Waals surface area contributed by atoms with Crippen LogP contribution in [0.5, 0.6) is 0 Å². The molecule has 0 radical (unpaired) electrons. The summed E-state index contributed by atoms with van der Waals surface area (Å²) in [5.41, 5.74) is 1.73. The van der Waals surface area contributed by atoms with E-state index >= 15 is 0 Å². The summed E-state index contributed by atoms with van der Waals surface area (Å²) in [7, 11) is -2.64. The number of rotatable bonds is 5. The summed E-state index contributed by atoms with van der Waals surface area (Å²) in [4.78, 5) is 0. The summed E-state index contributed by atoms with van der Waals surface area (Å²) in [6.45, 7) is 1.91. The summed E-state index contributed by atoms with van der Waals surface area (Å²) in [6, 6.07) is 19.2. The van der Waals surface area contributed by atoms with Crippen LogP contribution >= 0.6 is 7.44 Å². The second kappa shape index (κ2) is 5.74. The van der Waals surface area contributed by atoms with E-state index in [2.05, 4.69) is 10.2 Å². The van der Waals surface area contributed by atoms with Gasteiger partial charge >= 0.3 is 0 Å². The van der Waals surface area contributed by atoms with Crippen LogP contribution in [0.25, 0.3) is 0 Å². The highest BCUT2D eigenvalue weighted by molar-refractivity contribution is 7.66. The molecule has 0 atom stereocenters. The highest BCUT2D eigenvalue weighted by atomic mass is 31.2. The van der Waals surface area contributed by atoms with E-state index < -0.39 is 7.44 Å². The van der Waals surface area contributed by atoms with Crippen molar-refractivity contribution in [2.45, 2.75) is 6.92 Å². The zero-order chi connectivity index (χ0) is 12.8. The smallest absolute Gasteiger partial charge is 0.257 e. The van der Waals surface area contributed by atoms with Crippen LogP contribution in [0, 0.1) is 0 Å². The first-order valence-electron chi connectivity index (χ1n) is 5.97. The molecule has 0 aliphatic heterocycles. The topological polar surface area (TPSA) is 41.1 Å². The molecule has 0 spiro atoms. The fourth-order valence-corrected chi connectivity index (χ4v) is 3.13. The maximum absolute atomic E-state index is 12.7. The van der Waals surface area contributed by atoms with Crippen molar-refractivity contribution in [3.05, 3.63) is 60.7 Å². The summed E-state index contributed by atoms with van der Waals surface area (Å²) in [6.07, 6.45) is 0.538. The summed E-state index contributed by atoms with van der Waals surface area (Å²) in [5, 5.41) is 6.20. The zero-order valence-corrected chi connectivity index (χ0v) is 11.2. The van der Waals surface area contributed by atoms with E-state index in [1.165, 1.54) is 0 Å². The average Bonchev–Trinajstić information content (AvgIpc) is 2.41. The van der Waals surface area contributed by atoms with Crippen LogP contribution in [0.3, 0.4) is 0 Å². The normalized spacial score (nSPS) is 10.9. The summed E-state index contributed by atoms with van der Waals surface area (Å²) in [5.74, 6) is 0. The second-order valence-corrected chi connectivity index (χ2v) is 6.57. The first kappa shape index (κ1) is 12.7. The van der Waals surface area contributed by atoms with Gasteiger partial charge in [-0.15, -0.1) is 0 Å². The highest BCUT2D eigenvalue weighted by Crippen LogP contribution is 2.44. The number of hydrogen-bond acceptors (Lipinski definition) is 1. The Morgan fingerprint density at radius 2 is 1.22 bits per heavy atom. The molecule has 0 aliphatic rings. The molecule has 2 rings (SSSR count). The van der Waals surface area contributed by atoms with Gasteiger partial charge in [0.15, 0.2) is 0 Å². The van der Waals surface area contributed by atoms with Gasteiger partial charge in [-0.1, -0.05) is 43.3 Å². The molecule has 0 aliphatic carbocycles. The molecule has 0 heterocycles. The Bertz CT molecular complexity index is 483. The minimum atomic E-state index is -2.64. The second-order valence-electron chi connectivity index (χ2n) is 4.01. The monoisotopic (exact) mass is 260 g/mol. The minimum absolute atomic E-state index is 0.538. The molecule has 0 aromatic heterocycles. The van der Waals surface area contributed by atoms with Gasteiger partial charge in [-0.3, -0.25) is 4.57 Å². The molecule has 94 valence electrons. The molecular formula is C14H17N2OP. The van der Waals surface area contributed by atoms with Gasteiger partial charge in [0.1, 0.15) is 0 Å². The quantitative estimate of drug-likeness (QED) is 0.782. The van der Waals surface area contributed by atoms with Crippen molar-refractivity contribution in [1.82, 2.24) is 0 Å². The van der Waals surface area contributed by atoms with Crippen molar-refractivity contribution in [2.24, 2.45) is 0 Å². The van der Waals surface area contributed by atoms with E-state index in [-0.39, 0.29) is 0 Å². The van der Waals surface area contributed by atoms with Crippen LogP contribution in [-0.4, -0.2) is 6.16 Å². The lowest BCUT2D eigenvalue weighted by molar-refractivity contribution is 0.582. The van der Waals surface area contributed by atoms with Crippen molar-refractivity contribution >= 4 is 18.8 Å². The predicted octanol–water partition coefficient (Wildman–Crippen LogP) is 4.42. The minimum Gasteiger partial charge on any atom is -0.320 e. The molecule has 2 N–H and O–H groups in total. The number of hydrogen-bond donors (Lipinski definition) is 2. The predicted molar refractivity (Wildman–Crippen MR) is 78.3 cm³/mol. The lowest BCUT2D eigenvalue weighted by Crippen LogP contribution is -2.08. The Labute approximate surface area is 108 Å². The average molecular weight is 260 g/mol. The van der Waals surface area contributed by atoms with Crippen molar-refractivity contribution in [3.63, 3.8) is 0 Å². The Balaban J connectivity index is 2.14. The highest BCUT2D eigenvalue weighted by Gasteiger charge is 2.18. The number of nitrogens with one attached hydrogen (secondary N) is 2. The van der Waals surface area contributed by atoms with E-state index in [1.54, 1.807) is 0 Å². The number of benzene rings is 2. The van der Waals surface area contributed by atoms with Gasteiger partial charge in [0.05, 0.1) is 0 Å². The third kappa shape index (κ3) is 3.38. The molecule has 0 bridgehead atoms. The van der Waals surface area contributed by atoms with Gasteiger partial charge < -0.3 is 10.2 Å². The van der Waals surface area contributed by atoms with Gasteiger partial charge in [0.2, 0.25) is 0 Å². The molecule has 18 heavy (non-hydrogen) atoms. The Hall–Kier alpha value is -1.73. The molecule has 3 nitrogen and oxygen atoms in total. The molecule has 4 heteroatoms. The van der Waals surface area contributed by atoms with E-state index in [4.69, 9.17) is 0 Å². The largest absolute Gasteiger partial charge is 0.320 e. The van der Waals surface area contributed by atoms with Crippen molar-refractivity contribution in [3.8, 4) is 0 Å². The third-order valence-corrected chi connectivity index (χ3v) is 4.74. The standard InChI is InChI=1S/C14H17N2OP/c1-2-18(17,15-13-9-5-3-6-10-13)16-14-11-7-4-8-12-14/h3-12H,2H2,1H3,(H2,15,16,17). The molecule has 2 aromatic rings. The zero-order valence-electron chi connectivity index (χ0n) is 10.3. The summed E-state index contributed by atoms with van der Waals surface area (Å²) < 4.78 is 12.7. The first-order valence-corrected chi connectivity index (χ1v) is 7.87. The van der Waals surface area contributed by atoms with E-state index in [9.17, 15) is 4.57 Å². The Morgan fingerprint density at radius 3 is 1.56 bits per heavy atom. The molecule has 0 fully saturated rings. The SMILES string of the molecule is CCP(=O)(Nc1ccccc1)Nc1ccccc1. The molecule has 0 saturated heterocycles. The molecule has 0 saturated carbocycles. The van der Waals surface area contributed by atoms with Crippen molar-refractivity contribution in [1.29, 1.82) is 0 Å². The van der Waals surface area contributed by atoms with Crippen LogP contribution in [0.1, 0.15) is 6.92 Å². The van der Waals surface area contributed by atoms with Gasteiger partial charge in [-0.2, -0.15) is 0 Å². The number of para-hydroxylation sites is 2. The molecular weight excluding hydrogens is 243 g/mol. The molecule has 0 amide bonds. The third-order valence-electron chi connectivity index (χ3n) is 2.61. The van der Waals surface area contributed by atoms with Gasteiger partial charge in [-0.05, 0) is 24.3 Å². The van der Waals surface area contributed by atoms with Gasteiger partial charge in [0, 0.05) is 17.5 Å². The Kier molecular flexibility index (Phi) is 4.06. The van der Waals surface area contributed by atoms with Gasteiger partial charge in [0.25, 0.3) is 7.44 Å². The first-order chi connectivity index (χ1) is 8.72. The van der Waals surface area contributed by atoms with Crippen LogP contribution in [-0.2, 0) is 4.57 Å². The van der Waals surface area contributed by atoms with E-state index in [0.717, 1.165) is 11.4 Å². The maximum Gasteiger partial charge on any atom is 0.257 e. The van der Waals surface area contributed by atoms with Gasteiger partial charge in [-0.25, -0.2) is 0 Å².